The predicted octanol–water partition coefficient (Wildman–Crippen LogP) is 2.84. The van der Waals surface area contributed by atoms with Gasteiger partial charge in [0.15, 0.2) is 0 Å². The number of nitriles is 1. The number of hydrogen-bond donors (Lipinski definition) is 1. The summed E-state index contributed by atoms with van der Waals surface area (Å²) in [6.45, 7) is 0.466. The van der Waals surface area contributed by atoms with E-state index in [9.17, 15) is 14.9 Å². The van der Waals surface area contributed by atoms with Crippen molar-refractivity contribution in [1.29, 1.82) is 5.26 Å². The molecule has 1 aliphatic heterocycles. The number of esters is 2. The smallest absolute Gasteiger partial charge is 0.355 e. The third-order valence-electron chi connectivity index (χ3n) is 6.02. The Morgan fingerprint density at radius 1 is 1.08 bits per heavy atom. The lowest BCUT2D eigenvalue weighted by molar-refractivity contribution is -0.139. The van der Waals surface area contributed by atoms with Crippen LogP contribution in [0.2, 0.25) is 0 Å². The van der Waals surface area contributed by atoms with E-state index in [1.807, 2.05) is 16.8 Å². The van der Waals surface area contributed by atoms with Gasteiger partial charge in [-0.05, 0) is 23.3 Å². The Kier molecular flexibility index (Phi) is 7.25. The molecule has 0 radical (unpaired) electrons. The number of methoxy groups -OCH3 is 3. The van der Waals surface area contributed by atoms with Gasteiger partial charge in [-0.1, -0.05) is 36.4 Å². The maximum Gasteiger partial charge on any atom is 0.355 e. The largest absolute Gasteiger partial charge is 0.495 e. The van der Waals surface area contributed by atoms with Crippen molar-refractivity contribution >= 4 is 17.6 Å². The minimum Gasteiger partial charge on any atom is -0.495 e. The molecule has 2 heterocycles. The lowest BCUT2D eigenvalue weighted by Gasteiger charge is -2.36. The Balaban J connectivity index is 2.02. The maximum atomic E-state index is 13.3. The topological polar surface area (TPSA) is 133 Å². The van der Waals surface area contributed by atoms with E-state index in [4.69, 9.17) is 19.9 Å². The molecule has 0 spiro atoms. The van der Waals surface area contributed by atoms with Crippen molar-refractivity contribution in [3.05, 3.63) is 101 Å². The van der Waals surface area contributed by atoms with Crippen molar-refractivity contribution < 1.29 is 23.8 Å². The molecule has 10 nitrogen and oxygen atoms in total. The van der Waals surface area contributed by atoms with Gasteiger partial charge in [0.25, 0.3) is 0 Å². The van der Waals surface area contributed by atoms with Crippen molar-refractivity contribution in [3.63, 3.8) is 0 Å². The van der Waals surface area contributed by atoms with Gasteiger partial charge in [0.1, 0.15) is 17.3 Å². The number of imidazole rings is 1. The SMILES string of the molecule is COC(=O)C1=C(C(=O)OC)N(c2cc(Cn3ccnc3)ccc2OC)C(N)=C(C#N)C1c1ccccc1. The molecule has 188 valence electrons. The molecule has 3 aromatic rings. The average molecular weight is 500 g/mol. The number of anilines is 1. The van der Waals surface area contributed by atoms with E-state index in [2.05, 4.69) is 11.1 Å². The molecule has 1 aromatic heterocycles. The predicted molar refractivity (Wildman–Crippen MR) is 134 cm³/mol. The number of rotatable bonds is 7. The monoisotopic (exact) mass is 499 g/mol. The number of carbonyl (C=O) groups excluding carboxylic acids is 2. The summed E-state index contributed by atoms with van der Waals surface area (Å²) in [6.07, 6.45) is 5.15. The summed E-state index contributed by atoms with van der Waals surface area (Å²) in [7, 11) is 3.88. The zero-order chi connectivity index (χ0) is 26.5. The number of hydrogen-bond acceptors (Lipinski definition) is 9. The molecule has 2 N–H and O–H groups in total. The number of benzene rings is 2. The summed E-state index contributed by atoms with van der Waals surface area (Å²) in [5.74, 6) is -2.26. The molecule has 10 heteroatoms. The van der Waals surface area contributed by atoms with E-state index < -0.39 is 17.9 Å². The fraction of sp³-hybridized carbons (Fsp3) is 0.185. The zero-order valence-electron chi connectivity index (χ0n) is 20.5. The minimum absolute atomic E-state index is 0.0394. The second-order valence-corrected chi connectivity index (χ2v) is 8.08. The molecule has 0 aliphatic carbocycles. The van der Waals surface area contributed by atoms with Crippen molar-refractivity contribution in [2.45, 2.75) is 12.5 Å². The molecule has 0 saturated heterocycles. The van der Waals surface area contributed by atoms with Gasteiger partial charge in [-0.25, -0.2) is 14.6 Å². The van der Waals surface area contributed by atoms with Crippen LogP contribution >= 0.6 is 0 Å². The normalized spacial score (nSPS) is 15.3. The Morgan fingerprint density at radius 3 is 2.41 bits per heavy atom. The number of carbonyl (C=O) groups is 2. The first-order valence-corrected chi connectivity index (χ1v) is 11.2. The number of nitrogens with zero attached hydrogens (tertiary/aromatic N) is 4. The number of aromatic nitrogens is 2. The van der Waals surface area contributed by atoms with Crippen LogP contribution in [0.4, 0.5) is 5.69 Å². The van der Waals surface area contributed by atoms with Crippen molar-refractivity contribution in [3.8, 4) is 11.8 Å². The first-order valence-electron chi connectivity index (χ1n) is 11.2. The van der Waals surface area contributed by atoms with Crippen LogP contribution in [0.15, 0.2) is 89.9 Å². The zero-order valence-corrected chi connectivity index (χ0v) is 20.5. The third kappa shape index (κ3) is 4.62. The molecule has 0 amide bonds. The highest BCUT2D eigenvalue weighted by atomic mass is 16.5. The summed E-state index contributed by atoms with van der Waals surface area (Å²) >= 11 is 0. The Labute approximate surface area is 213 Å². The molecule has 0 bridgehead atoms. The minimum atomic E-state index is -0.955. The third-order valence-corrected chi connectivity index (χ3v) is 6.02. The van der Waals surface area contributed by atoms with E-state index >= 15 is 0 Å². The summed E-state index contributed by atoms with van der Waals surface area (Å²) in [4.78, 5) is 31.9. The van der Waals surface area contributed by atoms with Gasteiger partial charge in [-0.2, -0.15) is 5.26 Å². The number of ether oxygens (including phenoxy) is 3. The highest BCUT2D eigenvalue weighted by molar-refractivity contribution is 6.06. The second-order valence-electron chi connectivity index (χ2n) is 8.08. The van der Waals surface area contributed by atoms with E-state index in [1.54, 1.807) is 55.0 Å². The molecule has 4 rings (SSSR count). The molecule has 1 aliphatic rings. The fourth-order valence-corrected chi connectivity index (χ4v) is 4.36. The van der Waals surface area contributed by atoms with Gasteiger partial charge in [0.2, 0.25) is 0 Å². The highest BCUT2D eigenvalue weighted by Gasteiger charge is 2.43. The van der Waals surface area contributed by atoms with Gasteiger partial charge < -0.3 is 24.5 Å². The standard InChI is InChI=1S/C27H25N5O5/c1-35-21-10-9-17(15-31-12-11-30-16-31)13-20(21)32-24(27(34)37-3)23(26(33)36-2)22(19(14-28)25(32)29)18-7-5-4-6-8-18/h4-13,16,22H,15,29H2,1-3H3. The lowest BCUT2D eigenvalue weighted by atomic mass is 9.81. The van der Waals surface area contributed by atoms with E-state index in [0.717, 1.165) is 5.56 Å². The molecular weight excluding hydrogens is 474 g/mol. The summed E-state index contributed by atoms with van der Waals surface area (Å²) < 4.78 is 17.6. The molecule has 2 aromatic carbocycles. The van der Waals surface area contributed by atoms with E-state index in [0.29, 0.717) is 23.5 Å². The van der Waals surface area contributed by atoms with Crippen LogP contribution < -0.4 is 15.4 Å². The summed E-state index contributed by atoms with van der Waals surface area (Å²) in [5.41, 5.74) is 8.20. The van der Waals surface area contributed by atoms with E-state index in [1.165, 1.54) is 26.2 Å². The van der Waals surface area contributed by atoms with Crippen LogP contribution in [0, 0.1) is 11.3 Å². The second kappa shape index (κ2) is 10.7. The highest BCUT2D eigenvalue weighted by Crippen LogP contribution is 2.45. The summed E-state index contributed by atoms with van der Waals surface area (Å²) in [5, 5.41) is 10.2. The average Bonchev–Trinajstić information content (AvgIpc) is 3.45. The van der Waals surface area contributed by atoms with Crippen LogP contribution in [0.1, 0.15) is 17.0 Å². The molecule has 1 atom stereocenters. The Bertz CT molecular complexity index is 1420. The first-order chi connectivity index (χ1) is 17.9. The summed E-state index contributed by atoms with van der Waals surface area (Å²) in [6, 6.07) is 16.3. The van der Waals surface area contributed by atoms with Crippen LogP contribution in [0.3, 0.4) is 0 Å². The number of nitrogens with two attached hydrogens (primary N) is 1. The number of allylic oxidation sites excluding steroid dienone is 1. The fourth-order valence-electron chi connectivity index (χ4n) is 4.36. The molecular formula is C27H25N5O5. The molecule has 0 saturated carbocycles. The van der Waals surface area contributed by atoms with Crippen LogP contribution in [0.25, 0.3) is 0 Å². The maximum absolute atomic E-state index is 13.3. The van der Waals surface area contributed by atoms with Gasteiger partial charge >= 0.3 is 11.9 Å². The van der Waals surface area contributed by atoms with Crippen LogP contribution in [-0.4, -0.2) is 42.8 Å². The van der Waals surface area contributed by atoms with Crippen LogP contribution in [-0.2, 0) is 25.6 Å². The van der Waals surface area contributed by atoms with Gasteiger partial charge in [-0.15, -0.1) is 0 Å². The molecule has 1 unspecified atom stereocenters. The Morgan fingerprint density at radius 2 is 1.81 bits per heavy atom. The van der Waals surface area contributed by atoms with Crippen molar-refractivity contribution in [1.82, 2.24) is 9.55 Å². The van der Waals surface area contributed by atoms with Crippen LogP contribution in [0.5, 0.6) is 5.75 Å². The Hall–Kier alpha value is -5.04. The molecule has 37 heavy (non-hydrogen) atoms. The van der Waals surface area contributed by atoms with E-state index in [-0.39, 0.29) is 22.7 Å². The van der Waals surface area contributed by atoms with Gasteiger partial charge in [-0.3, -0.25) is 4.90 Å². The van der Waals surface area contributed by atoms with Crippen molar-refractivity contribution in [2.24, 2.45) is 5.73 Å². The quantitative estimate of drug-likeness (QED) is 0.487. The van der Waals surface area contributed by atoms with Gasteiger partial charge in [0.05, 0.1) is 56.5 Å². The van der Waals surface area contributed by atoms with Gasteiger partial charge in [0, 0.05) is 18.9 Å². The van der Waals surface area contributed by atoms with Crippen molar-refractivity contribution in [2.75, 3.05) is 26.2 Å². The molecule has 0 fully saturated rings. The first kappa shape index (κ1) is 25.1. The lowest BCUT2D eigenvalue weighted by Crippen LogP contribution is -2.41.